The summed E-state index contributed by atoms with van der Waals surface area (Å²) in [5.74, 6) is 0.455. The highest BCUT2D eigenvalue weighted by Gasteiger charge is 2.08. The topological polar surface area (TPSA) is 83.5 Å². The molecular weight excluding hydrogens is 290 g/mol. The second kappa shape index (κ2) is 6.61. The molecular formula is C16H15N7. The smallest absolute Gasteiger partial charge is 0.222 e. The minimum atomic E-state index is 0.455. The van der Waals surface area contributed by atoms with E-state index in [-0.39, 0.29) is 0 Å². The monoisotopic (exact) mass is 305 g/mol. The van der Waals surface area contributed by atoms with Gasteiger partial charge in [0.2, 0.25) is 5.82 Å². The van der Waals surface area contributed by atoms with Crippen molar-refractivity contribution in [3.05, 3.63) is 67.3 Å². The number of H-pyrrole nitrogens is 1. The minimum absolute atomic E-state index is 0.455. The molecule has 0 atom stereocenters. The number of allylic oxidation sites excluding steroid dienone is 2. The number of nitrogens with one attached hydrogen (secondary N) is 1. The predicted octanol–water partition coefficient (Wildman–Crippen LogP) is 2.32. The molecule has 0 saturated heterocycles. The summed E-state index contributed by atoms with van der Waals surface area (Å²) in [7, 11) is 1.95. The molecule has 0 spiro atoms. The first-order valence-corrected chi connectivity index (χ1v) is 6.96. The maximum Gasteiger partial charge on any atom is 0.222 e. The summed E-state index contributed by atoms with van der Waals surface area (Å²) in [5.41, 5.74) is 3.27. The van der Waals surface area contributed by atoms with Crippen molar-refractivity contribution in [2.24, 2.45) is 0 Å². The first-order chi connectivity index (χ1) is 11.3. The highest BCUT2D eigenvalue weighted by atomic mass is 15.5. The molecule has 0 aliphatic carbocycles. The summed E-state index contributed by atoms with van der Waals surface area (Å²) in [6, 6.07) is 9.51. The predicted molar refractivity (Wildman–Crippen MR) is 88.2 cm³/mol. The van der Waals surface area contributed by atoms with Gasteiger partial charge in [-0.1, -0.05) is 18.7 Å². The zero-order chi connectivity index (χ0) is 16.1. The van der Waals surface area contributed by atoms with Crippen molar-refractivity contribution in [3.8, 4) is 11.5 Å². The molecule has 23 heavy (non-hydrogen) atoms. The van der Waals surface area contributed by atoms with Crippen molar-refractivity contribution in [3.63, 3.8) is 0 Å². The molecule has 0 saturated carbocycles. The van der Waals surface area contributed by atoms with Crippen LogP contribution in [0.1, 0.15) is 5.69 Å². The quantitative estimate of drug-likeness (QED) is 0.728. The van der Waals surface area contributed by atoms with E-state index in [1.807, 2.05) is 48.5 Å². The second-order valence-electron chi connectivity index (χ2n) is 4.75. The standard InChI is InChI=1S/C16H15N7/c1-3-12(11-23(2)13-6-5-9-17-10-13)14-7-4-8-15(18-14)16-19-21-22-20-16/h3-11H,1H2,2H3,(H,19,20,21,22)/b12-11+. The molecule has 114 valence electrons. The van der Waals surface area contributed by atoms with Crippen molar-refractivity contribution in [2.45, 2.75) is 0 Å². The van der Waals surface area contributed by atoms with Gasteiger partial charge in [0.15, 0.2) is 0 Å². The molecule has 3 aromatic rings. The minimum Gasteiger partial charge on any atom is -0.349 e. The number of anilines is 1. The van der Waals surface area contributed by atoms with Crippen LogP contribution in [0.4, 0.5) is 5.69 Å². The highest BCUT2D eigenvalue weighted by molar-refractivity contribution is 5.74. The Balaban J connectivity index is 1.93. The Morgan fingerprint density at radius 2 is 2.17 bits per heavy atom. The lowest BCUT2D eigenvalue weighted by molar-refractivity contribution is 0.881. The maximum absolute atomic E-state index is 4.57. The van der Waals surface area contributed by atoms with E-state index in [0.29, 0.717) is 11.5 Å². The SMILES string of the molecule is C=C/C(=C\N(C)c1cccnc1)c1cccc(-c2nn[nH]n2)n1. The van der Waals surface area contributed by atoms with Gasteiger partial charge in [0.1, 0.15) is 5.69 Å². The molecule has 7 nitrogen and oxygen atoms in total. The van der Waals surface area contributed by atoms with Gasteiger partial charge in [0.25, 0.3) is 0 Å². The molecule has 0 amide bonds. The van der Waals surface area contributed by atoms with Crippen LogP contribution < -0.4 is 4.90 Å². The van der Waals surface area contributed by atoms with Gasteiger partial charge < -0.3 is 4.90 Å². The van der Waals surface area contributed by atoms with Crippen molar-refractivity contribution in [1.29, 1.82) is 0 Å². The van der Waals surface area contributed by atoms with Gasteiger partial charge in [-0.15, -0.1) is 10.2 Å². The normalized spacial score (nSPS) is 11.3. The van der Waals surface area contributed by atoms with Crippen LogP contribution in [0.25, 0.3) is 17.1 Å². The zero-order valence-corrected chi connectivity index (χ0v) is 12.6. The van der Waals surface area contributed by atoms with Gasteiger partial charge >= 0.3 is 0 Å². The summed E-state index contributed by atoms with van der Waals surface area (Å²) >= 11 is 0. The third-order valence-corrected chi connectivity index (χ3v) is 3.23. The van der Waals surface area contributed by atoms with Crippen molar-refractivity contribution in [2.75, 3.05) is 11.9 Å². The lowest BCUT2D eigenvalue weighted by Gasteiger charge is -2.15. The van der Waals surface area contributed by atoms with E-state index in [1.165, 1.54) is 0 Å². The van der Waals surface area contributed by atoms with Crippen LogP contribution in [0.3, 0.4) is 0 Å². The second-order valence-corrected chi connectivity index (χ2v) is 4.75. The van der Waals surface area contributed by atoms with Gasteiger partial charge in [-0.05, 0) is 29.5 Å². The van der Waals surface area contributed by atoms with Gasteiger partial charge in [-0.25, -0.2) is 4.98 Å². The fraction of sp³-hybridized carbons (Fsp3) is 0.0625. The third-order valence-electron chi connectivity index (χ3n) is 3.23. The molecule has 0 bridgehead atoms. The molecule has 3 rings (SSSR count). The largest absolute Gasteiger partial charge is 0.349 e. The lowest BCUT2D eigenvalue weighted by atomic mass is 10.1. The van der Waals surface area contributed by atoms with E-state index in [1.54, 1.807) is 18.5 Å². The van der Waals surface area contributed by atoms with Crippen LogP contribution in [-0.2, 0) is 0 Å². The third kappa shape index (κ3) is 3.29. The Bertz CT molecular complexity index is 809. The number of hydrogen-bond donors (Lipinski definition) is 1. The zero-order valence-electron chi connectivity index (χ0n) is 12.6. The van der Waals surface area contributed by atoms with Crippen LogP contribution in [0.5, 0.6) is 0 Å². The van der Waals surface area contributed by atoms with Gasteiger partial charge in [-0.2, -0.15) is 5.21 Å². The van der Waals surface area contributed by atoms with Gasteiger partial charge in [0, 0.05) is 25.0 Å². The van der Waals surface area contributed by atoms with Gasteiger partial charge in [0.05, 0.1) is 17.6 Å². The number of pyridine rings is 2. The Kier molecular flexibility index (Phi) is 4.19. The molecule has 7 heteroatoms. The van der Waals surface area contributed by atoms with Crippen molar-refractivity contribution >= 4 is 11.3 Å². The maximum atomic E-state index is 4.57. The first-order valence-electron chi connectivity index (χ1n) is 6.96. The number of aromatic amines is 1. The van der Waals surface area contributed by atoms with Crippen LogP contribution in [0, 0.1) is 0 Å². The van der Waals surface area contributed by atoms with Crippen LogP contribution in [0.2, 0.25) is 0 Å². The Morgan fingerprint density at radius 1 is 1.26 bits per heavy atom. The summed E-state index contributed by atoms with van der Waals surface area (Å²) in [6.45, 7) is 3.88. The lowest BCUT2D eigenvalue weighted by Crippen LogP contribution is -2.09. The van der Waals surface area contributed by atoms with Crippen molar-refractivity contribution in [1.82, 2.24) is 30.6 Å². The molecule has 3 aromatic heterocycles. The summed E-state index contributed by atoms with van der Waals surface area (Å²) < 4.78 is 0. The summed E-state index contributed by atoms with van der Waals surface area (Å²) in [6.07, 6.45) is 7.24. The number of hydrogen-bond acceptors (Lipinski definition) is 6. The van der Waals surface area contributed by atoms with Crippen LogP contribution in [0.15, 0.2) is 61.6 Å². The fourth-order valence-electron chi connectivity index (χ4n) is 2.06. The van der Waals surface area contributed by atoms with E-state index in [0.717, 1.165) is 17.0 Å². The average Bonchev–Trinajstić information content (AvgIpc) is 3.15. The fourth-order valence-corrected chi connectivity index (χ4v) is 2.06. The Hall–Kier alpha value is -3.35. The molecule has 0 fully saturated rings. The number of aromatic nitrogens is 6. The van der Waals surface area contributed by atoms with E-state index in [2.05, 4.69) is 37.2 Å². The van der Waals surface area contributed by atoms with Crippen LogP contribution in [-0.4, -0.2) is 37.6 Å². The van der Waals surface area contributed by atoms with E-state index in [4.69, 9.17) is 0 Å². The molecule has 0 aromatic carbocycles. The van der Waals surface area contributed by atoms with E-state index in [9.17, 15) is 0 Å². The molecule has 1 N–H and O–H groups in total. The first kappa shape index (κ1) is 14.6. The van der Waals surface area contributed by atoms with E-state index >= 15 is 0 Å². The van der Waals surface area contributed by atoms with Crippen molar-refractivity contribution < 1.29 is 0 Å². The molecule has 0 radical (unpaired) electrons. The number of nitrogens with zero attached hydrogens (tertiary/aromatic N) is 6. The Morgan fingerprint density at radius 3 is 2.87 bits per heavy atom. The summed E-state index contributed by atoms with van der Waals surface area (Å²) in [5, 5.41) is 13.9. The number of tetrazole rings is 1. The highest BCUT2D eigenvalue weighted by Crippen LogP contribution is 2.20. The molecule has 0 aliphatic rings. The summed E-state index contributed by atoms with van der Waals surface area (Å²) in [4.78, 5) is 10.7. The van der Waals surface area contributed by atoms with Crippen LogP contribution >= 0.6 is 0 Å². The molecule has 0 unspecified atom stereocenters. The average molecular weight is 305 g/mol. The molecule has 3 heterocycles. The molecule has 0 aliphatic heterocycles. The Labute approximate surface area is 133 Å². The van der Waals surface area contributed by atoms with Gasteiger partial charge in [-0.3, -0.25) is 4.98 Å². The van der Waals surface area contributed by atoms with E-state index < -0.39 is 0 Å². The number of rotatable bonds is 5.